The zero-order valence-electron chi connectivity index (χ0n) is 12.2. The Hall–Kier alpha value is -2.10. The third-order valence-corrected chi connectivity index (χ3v) is 3.73. The smallest absolute Gasteiger partial charge is 0.145 e. The Labute approximate surface area is 134 Å². The minimum atomic E-state index is -0.711. The summed E-state index contributed by atoms with van der Waals surface area (Å²) in [6.45, 7) is 2.11. The topological polar surface area (TPSA) is 42.4 Å². The highest BCUT2D eigenvalue weighted by atomic mass is 35.5. The van der Waals surface area contributed by atoms with Crippen molar-refractivity contribution in [3.05, 3.63) is 70.9 Å². The van der Waals surface area contributed by atoms with Gasteiger partial charge in [0, 0.05) is 16.1 Å². The molecule has 0 fully saturated rings. The number of rotatable bonds is 4. The van der Waals surface area contributed by atoms with Crippen molar-refractivity contribution in [3.8, 4) is 5.75 Å². The van der Waals surface area contributed by atoms with Gasteiger partial charge in [0.15, 0.2) is 0 Å². The summed E-state index contributed by atoms with van der Waals surface area (Å²) < 4.78 is 5.78. The van der Waals surface area contributed by atoms with Gasteiger partial charge in [0.05, 0.1) is 0 Å². The molecule has 1 atom stereocenters. The third kappa shape index (κ3) is 3.21. The summed E-state index contributed by atoms with van der Waals surface area (Å²) in [5, 5.41) is 11.9. The van der Waals surface area contributed by atoms with Gasteiger partial charge in [-0.25, -0.2) is 4.98 Å². The summed E-state index contributed by atoms with van der Waals surface area (Å²) in [6, 6.07) is 16.8. The first-order valence-corrected chi connectivity index (χ1v) is 7.44. The molecule has 0 aliphatic heterocycles. The molecule has 3 aromatic rings. The monoisotopic (exact) mass is 313 g/mol. The number of benzene rings is 2. The molecule has 0 radical (unpaired) electrons. The van der Waals surface area contributed by atoms with Gasteiger partial charge in [-0.05, 0) is 36.8 Å². The van der Waals surface area contributed by atoms with Gasteiger partial charge >= 0.3 is 0 Å². The second kappa shape index (κ2) is 6.34. The summed E-state index contributed by atoms with van der Waals surface area (Å²) in [4.78, 5) is 4.51. The van der Waals surface area contributed by atoms with Crippen LogP contribution in [0, 0.1) is 6.92 Å². The maximum Gasteiger partial charge on any atom is 0.145 e. The first kappa shape index (κ1) is 14.8. The number of hydrogen-bond acceptors (Lipinski definition) is 3. The van der Waals surface area contributed by atoms with E-state index in [1.807, 2.05) is 37.3 Å². The van der Waals surface area contributed by atoms with Crippen LogP contribution in [-0.4, -0.2) is 16.7 Å². The maximum absolute atomic E-state index is 10.2. The normalized spacial score (nSPS) is 12.3. The van der Waals surface area contributed by atoms with E-state index in [0.717, 1.165) is 22.2 Å². The van der Waals surface area contributed by atoms with E-state index in [0.29, 0.717) is 10.8 Å². The molecule has 0 bridgehead atoms. The van der Waals surface area contributed by atoms with Gasteiger partial charge in [0.2, 0.25) is 0 Å². The van der Waals surface area contributed by atoms with Crippen molar-refractivity contribution in [2.45, 2.75) is 13.0 Å². The van der Waals surface area contributed by atoms with Gasteiger partial charge in [-0.2, -0.15) is 0 Å². The number of fused-ring (bicyclic) bond motifs is 1. The number of aliphatic hydroxyl groups is 1. The van der Waals surface area contributed by atoms with Crippen LogP contribution >= 0.6 is 11.6 Å². The Balaban J connectivity index is 1.79. The van der Waals surface area contributed by atoms with E-state index in [1.165, 1.54) is 0 Å². The van der Waals surface area contributed by atoms with Crippen molar-refractivity contribution in [3.63, 3.8) is 0 Å². The molecule has 0 amide bonds. The number of ether oxygens (including phenoxy) is 1. The summed E-state index contributed by atoms with van der Waals surface area (Å²) in [5.74, 6) is 0.675. The predicted octanol–water partition coefficient (Wildman–Crippen LogP) is 4.31. The van der Waals surface area contributed by atoms with E-state index in [2.05, 4.69) is 4.98 Å². The standard InChI is InChI=1S/C18H16ClNO2/c1-12-5-6-14-3-2-4-17(18(14)20-12)22-11-16(21)13-7-9-15(19)10-8-13/h2-10,16,21H,11H2,1H3. The first-order chi connectivity index (χ1) is 10.6. The van der Waals surface area contributed by atoms with Crippen LogP contribution in [-0.2, 0) is 0 Å². The molecule has 3 nitrogen and oxygen atoms in total. The maximum atomic E-state index is 10.2. The number of hydrogen-bond donors (Lipinski definition) is 1. The minimum absolute atomic E-state index is 0.163. The molecule has 112 valence electrons. The van der Waals surface area contributed by atoms with Crippen LogP contribution in [0.15, 0.2) is 54.6 Å². The quantitative estimate of drug-likeness (QED) is 0.780. The van der Waals surface area contributed by atoms with Gasteiger partial charge in [0.25, 0.3) is 0 Å². The van der Waals surface area contributed by atoms with E-state index >= 15 is 0 Å². The molecule has 1 aromatic heterocycles. The van der Waals surface area contributed by atoms with Crippen molar-refractivity contribution in [1.82, 2.24) is 4.98 Å². The van der Waals surface area contributed by atoms with Crippen LogP contribution < -0.4 is 4.74 Å². The number of aromatic nitrogens is 1. The fourth-order valence-corrected chi connectivity index (χ4v) is 2.41. The van der Waals surface area contributed by atoms with Crippen molar-refractivity contribution >= 4 is 22.5 Å². The summed E-state index contributed by atoms with van der Waals surface area (Å²) in [5.41, 5.74) is 2.52. The van der Waals surface area contributed by atoms with E-state index in [-0.39, 0.29) is 6.61 Å². The van der Waals surface area contributed by atoms with Gasteiger partial charge in [-0.15, -0.1) is 0 Å². The van der Waals surface area contributed by atoms with Gasteiger partial charge in [-0.1, -0.05) is 41.9 Å². The van der Waals surface area contributed by atoms with Gasteiger partial charge < -0.3 is 9.84 Å². The Kier molecular flexibility index (Phi) is 4.27. The molecule has 0 aliphatic carbocycles. The molecular weight excluding hydrogens is 298 g/mol. The lowest BCUT2D eigenvalue weighted by Crippen LogP contribution is -2.10. The van der Waals surface area contributed by atoms with E-state index in [4.69, 9.17) is 16.3 Å². The van der Waals surface area contributed by atoms with Crippen LogP contribution in [0.5, 0.6) is 5.75 Å². The Bertz CT molecular complexity index is 787. The average Bonchev–Trinajstić information content (AvgIpc) is 2.53. The fraction of sp³-hybridized carbons (Fsp3) is 0.167. The van der Waals surface area contributed by atoms with Crippen molar-refractivity contribution < 1.29 is 9.84 Å². The highest BCUT2D eigenvalue weighted by Crippen LogP contribution is 2.25. The second-order valence-electron chi connectivity index (χ2n) is 5.16. The molecule has 2 aromatic carbocycles. The van der Waals surface area contributed by atoms with Crippen LogP contribution in [0.2, 0.25) is 5.02 Å². The van der Waals surface area contributed by atoms with Crippen LogP contribution in [0.1, 0.15) is 17.4 Å². The Morgan fingerprint density at radius 3 is 2.64 bits per heavy atom. The molecule has 0 saturated heterocycles. The number of aliphatic hydroxyl groups excluding tert-OH is 1. The number of nitrogens with zero attached hydrogens (tertiary/aromatic N) is 1. The molecule has 0 spiro atoms. The molecule has 0 aliphatic rings. The van der Waals surface area contributed by atoms with Crippen molar-refractivity contribution in [2.24, 2.45) is 0 Å². The summed E-state index contributed by atoms with van der Waals surface area (Å²) in [7, 11) is 0. The lowest BCUT2D eigenvalue weighted by molar-refractivity contribution is 0.109. The molecule has 22 heavy (non-hydrogen) atoms. The predicted molar refractivity (Wildman–Crippen MR) is 88.4 cm³/mol. The number of aryl methyl sites for hydroxylation is 1. The van der Waals surface area contributed by atoms with E-state index in [9.17, 15) is 5.11 Å². The molecular formula is C18H16ClNO2. The highest BCUT2D eigenvalue weighted by molar-refractivity contribution is 6.30. The SMILES string of the molecule is Cc1ccc2cccc(OCC(O)c3ccc(Cl)cc3)c2n1. The van der Waals surface area contributed by atoms with Gasteiger partial charge in [-0.3, -0.25) is 0 Å². The lowest BCUT2D eigenvalue weighted by atomic mass is 10.1. The molecule has 1 N–H and O–H groups in total. The highest BCUT2D eigenvalue weighted by Gasteiger charge is 2.10. The van der Waals surface area contributed by atoms with Crippen molar-refractivity contribution in [2.75, 3.05) is 6.61 Å². The lowest BCUT2D eigenvalue weighted by Gasteiger charge is -2.14. The van der Waals surface area contributed by atoms with Crippen molar-refractivity contribution in [1.29, 1.82) is 0 Å². The number of pyridine rings is 1. The first-order valence-electron chi connectivity index (χ1n) is 7.06. The Morgan fingerprint density at radius 2 is 1.86 bits per heavy atom. The average molecular weight is 314 g/mol. The third-order valence-electron chi connectivity index (χ3n) is 3.47. The molecule has 0 saturated carbocycles. The van der Waals surface area contributed by atoms with Crippen LogP contribution in [0.3, 0.4) is 0 Å². The molecule has 4 heteroatoms. The van der Waals surface area contributed by atoms with E-state index < -0.39 is 6.10 Å². The summed E-state index contributed by atoms with van der Waals surface area (Å²) in [6.07, 6.45) is -0.711. The summed E-state index contributed by atoms with van der Waals surface area (Å²) >= 11 is 5.85. The molecule has 1 heterocycles. The zero-order chi connectivity index (χ0) is 15.5. The minimum Gasteiger partial charge on any atom is -0.488 e. The zero-order valence-corrected chi connectivity index (χ0v) is 12.9. The second-order valence-corrected chi connectivity index (χ2v) is 5.60. The fourth-order valence-electron chi connectivity index (χ4n) is 2.28. The van der Waals surface area contributed by atoms with Gasteiger partial charge in [0.1, 0.15) is 24.0 Å². The van der Waals surface area contributed by atoms with E-state index in [1.54, 1.807) is 24.3 Å². The largest absolute Gasteiger partial charge is 0.488 e. The number of para-hydroxylation sites is 1. The molecule has 1 unspecified atom stereocenters. The molecule has 3 rings (SSSR count). The van der Waals surface area contributed by atoms with Crippen LogP contribution in [0.4, 0.5) is 0 Å². The van der Waals surface area contributed by atoms with Crippen LogP contribution in [0.25, 0.3) is 10.9 Å². The number of halogens is 1. The Morgan fingerprint density at radius 1 is 1.09 bits per heavy atom.